The second-order valence-corrected chi connectivity index (χ2v) is 6.26. The van der Waals surface area contributed by atoms with Gasteiger partial charge in [0.25, 0.3) is 5.91 Å². The van der Waals surface area contributed by atoms with Crippen molar-refractivity contribution in [1.29, 1.82) is 0 Å². The number of hydrogen-bond acceptors (Lipinski definition) is 4. The van der Waals surface area contributed by atoms with Crippen LogP contribution in [0.3, 0.4) is 0 Å². The van der Waals surface area contributed by atoms with E-state index >= 15 is 0 Å². The molecule has 1 fully saturated rings. The molecule has 0 radical (unpaired) electrons. The van der Waals surface area contributed by atoms with Gasteiger partial charge in [0, 0.05) is 25.4 Å². The predicted molar refractivity (Wildman–Crippen MR) is 87.6 cm³/mol. The summed E-state index contributed by atoms with van der Waals surface area (Å²) in [6.07, 6.45) is 4.19. The SMILES string of the molecule is O=C(O)CCC1CCCCN1C(=O)c1cccc2c1OCCCO2. The van der Waals surface area contributed by atoms with Gasteiger partial charge in [-0.15, -0.1) is 0 Å². The fourth-order valence-electron chi connectivity index (χ4n) is 3.37. The zero-order valence-corrected chi connectivity index (χ0v) is 13.7. The van der Waals surface area contributed by atoms with E-state index in [1.165, 1.54) is 0 Å². The molecule has 2 aliphatic heterocycles. The van der Waals surface area contributed by atoms with E-state index < -0.39 is 5.97 Å². The van der Waals surface area contributed by atoms with Gasteiger partial charge in [-0.3, -0.25) is 9.59 Å². The van der Waals surface area contributed by atoms with Gasteiger partial charge in [-0.25, -0.2) is 0 Å². The van der Waals surface area contributed by atoms with Crippen LogP contribution in [-0.2, 0) is 4.79 Å². The molecule has 1 saturated heterocycles. The fraction of sp³-hybridized carbons (Fsp3) is 0.556. The molecule has 1 unspecified atom stereocenters. The van der Waals surface area contributed by atoms with Crippen LogP contribution in [0.1, 0.15) is 48.9 Å². The van der Waals surface area contributed by atoms with Crippen molar-refractivity contribution >= 4 is 11.9 Å². The first-order valence-corrected chi connectivity index (χ1v) is 8.58. The van der Waals surface area contributed by atoms with Crippen LogP contribution in [0.5, 0.6) is 11.5 Å². The van der Waals surface area contributed by atoms with Crippen LogP contribution in [0.15, 0.2) is 18.2 Å². The van der Waals surface area contributed by atoms with E-state index in [-0.39, 0.29) is 18.4 Å². The third-order valence-electron chi connectivity index (χ3n) is 4.58. The molecule has 0 spiro atoms. The Hall–Kier alpha value is -2.24. The number of benzene rings is 1. The lowest BCUT2D eigenvalue weighted by molar-refractivity contribution is -0.137. The van der Waals surface area contributed by atoms with Gasteiger partial charge in [-0.2, -0.15) is 0 Å². The molecule has 6 heteroatoms. The molecule has 130 valence electrons. The number of carbonyl (C=O) groups excluding carboxylic acids is 1. The first kappa shape index (κ1) is 16.6. The van der Waals surface area contributed by atoms with Crippen molar-refractivity contribution in [2.45, 2.75) is 44.6 Å². The van der Waals surface area contributed by atoms with Crippen molar-refractivity contribution in [3.8, 4) is 11.5 Å². The molecule has 0 saturated carbocycles. The van der Waals surface area contributed by atoms with E-state index in [2.05, 4.69) is 0 Å². The lowest BCUT2D eigenvalue weighted by Crippen LogP contribution is -2.44. The van der Waals surface area contributed by atoms with Gasteiger partial charge in [0.05, 0.1) is 18.8 Å². The summed E-state index contributed by atoms with van der Waals surface area (Å²) in [7, 11) is 0. The monoisotopic (exact) mass is 333 g/mol. The third kappa shape index (κ3) is 3.63. The number of ether oxygens (including phenoxy) is 2. The number of fused-ring (bicyclic) bond motifs is 1. The molecule has 6 nitrogen and oxygen atoms in total. The Morgan fingerprint density at radius 3 is 2.83 bits per heavy atom. The highest BCUT2D eigenvalue weighted by atomic mass is 16.5. The number of carboxylic acid groups (broad SMARTS) is 1. The number of hydrogen-bond donors (Lipinski definition) is 1. The zero-order chi connectivity index (χ0) is 16.9. The molecular formula is C18H23NO5. The Bertz CT molecular complexity index is 615. The minimum atomic E-state index is -0.821. The Balaban J connectivity index is 1.83. The van der Waals surface area contributed by atoms with Gasteiger partial charge in [-0.05, 0) is 37.8 Å². The van der Waals surface area contributed by atoms with E-state index in [9.17, 15) is 9.59 Å². The molecule has 1 aromatic rings. The van der Waals surface area contributed by atoms with E-state index in [0.717, 1.165) is 25.7 Å². The van der Waals surface area contributed by atoms with Gasteiger partial charge in [0.2, 0.25) is 0 Å². The highest BCUT2D eigenvalue weighted by molar-refractivity contribution is 5.98. The van der Waals surface area contributed by atoms with Gasteiger partial charge in [-0.1, -0.05) is 6.07 Å². The van der Waals surface area contributed by atoms with Crippen LogP contribution < -0.4 is 9.47 Å². The summed E-state index contributed by atoms with van der Waals surface area (Å²) in [5.74, 6) is 0.214. The minimum absolute atomic E-state index is 0.0232. The largest absolute Gasteiger partial charge is 0.490 e. The van der Waals surface area contributed by atoms with Crippen LogP contribution in [0.25, 0.3) is 0 Å². The highest BCUT2D eigenvalue weighted by Crippen LogP contribution is 2.35. The van der Waals surface area contributed by atoms with E-state index in [1.54, 1.807) is 12.1 Å². The van der Waals surface area contributed by atoms with E-state index in [4.69, 9.17) is 14.6 Å². The number of amides is 1. The summed E-state index contributed by atoms with van der Waals surface area (Å²) in [5.41, 5.74) is 0.511. The molecule has 1 amide bonds. The van der Waals surface area contributed by atoms with Gasteiger partial charge in [0.15, 0.2) is 11.5 Å². The number of carboxylic acids is 1. The lowest BCUT2D eigenvalue weighted by atomic mass is 9.96. The van der Waals surface area contributed by atoms with Crippen molar-refractivity contribution < 1.29 is 24.2 Å². The van der Waals surface area contributed by atoms with Crippen LogP contribution in [-0.4, -0.2) is 47.7 Å². The maximum Gasteiger partial charge on any atom is 0.303 e. The summed E-state index contributed by atoms with van der Waals surface area (Å²) in [6.45, 7) is 1.77. The number of carbonyl (C=O) groups is 2. The Kier molecular flexibility index (Phi) is 5.23. The second-order valence-electron chi connectivity index (χ2n) is 6.26. The minimum Gasteiger partial charge on any atom is -0.490 e. The lowest BCUT2D eigenvalue weighted by Gasteiger charge is -2.36. The van der Waals surface area contributed by atoms with E-state index in [0.29, 0.717) is 43.2 Å². The summed E-state index contributed by atoms with van der Waals surface area (Å²) >= 11 is 0. The van der Waals surface area contributed by atoms with Crippen LogP contribution in [0.4, 0.5) is 0 Å². The molecule has 1 N–H and O–H groups in total. The second kappa shape index (κ2) is 7.55. The number of likely N-dealkylation sites (tertiary alicyclic amines) is 1. The molecule has 1 atom stereocenters. The van der Waals surface area contributed by atoms with Crippen LogP contribution in [0, 0.1) is 0 Å². The average molecular weight is 333 g/mol. The normalized spacial score (nSPS) is 20.3. The molecule has 1 aromatic carbocycles. The highest BCUT2D eigenvalue weighted by Gasteiger charge is 2.30. The molecule has 0 aliphatic carbocycles. The average Bonchev–Trinajstić information content (AvgIpc) is 2.85. The molecule has 2 heterocycles. The summed E-state index contributed by atoms with van der Waals surface area (Å²) in [5, 5.41) is 8.94. The zero-order valence-electron chi connectivity index (χ0n) is 13.7. The molecular weight excluding hydrogens is 310 g/mol. The van der Waals surface area contributed by atoms with Gasteiger partial charge >= 0.3 is 5.97 Å². The Morgan fingerprint density at radius 2 is 2.00 bits per heavy atom. The fourth-order valence-corrected chi connectivity index (χ4v) is 3.37. The molecule has 3 rings (SSSR count). The number of nitrogens with zero attached hydrogens (tertiary/aromatic N) is 1. The molecule has 24 heavy (non-hydrogen) atoms. The standard InChI is InChI=1S/C18H23NO5/c20-16(21)9-8-13-5-1-2-10-19(13)18(22)14-6-3-7-15-17(14)24-12-4-11-23-15/h3,6-7,13H,1-2,4-5,8-12H2,(H,20,21). The smallest absolute Gasteiger partial charge is 0.303 e. The van der Waals surface area contributed by atoms with Crippen LogP contribution in [0.2, 0.25) is 0 Å². The molecule has 0 bridgehead atoms. The predicted octanol–water partition coefficient (Wildman–Crippen LogP) is 2.71. The van der Waals surface area contributed by atoms with Gasteiger partial charge in [0.1, 0.15) is 0 Å². The van der Waals surface area contributed by atoms with Crippen molar-refractivity contribution in [3.63, 3.8) is 0 Å². The van der Waals surface area contributed by atoms with Crippen LogP contribution >= 0.6 is 0 Å². The summed E-state index contributed by atoms with van der Waals surface area (Å²) < 4.78 is 11.4. The number of rotatable bonds is 4. The molecule has 2 aliphatic rings. The first-order valence-electron chi connectivity index (χ1n) is 8.58. The maximum absolute atomic E-state index is 13.1. The Labute approximate surface area is 141 Å². The van der Waals surface area contributed by atoms with Gasteiger partial charge < -0.3 is 19.5 Å². The Morgan fingerprint density at radius 1 is 1.17 bits per heavy atom. The summed E-state index contributed by atoms with van der Waals surface area (Å²) in [6, 6.07) is 5.36. The van der Waals surface area contributed by atoms with Crippen molar-refractivity contribution in [2.24, 2.45) is 0 Å². The van der Waals surface area contributed by atoms with Crippen molar-refractivity contribution in [1.82, 2.24) is 4.90 Å². The third-order valence-corrected chi connectivity index (χ3v) is 4.58. The summed E-state index contributed by atoms with van der Waals surface area (Å²) in [4.78, 5) is 25.8. The van der Waals surface area contributed by atoms with Crippen molar-refractivity contribution in [3.05, 3.63) is 23.8 Å². The topological polar surface area (TPSA) is 76.1 Å². The number of para-hydroxylation sites is 1. The first-order chi connectivity index (χ1) is 11.7. The quantitative estimate of drug-likeness (QED) is 0.917. The van der Waals surface area contributed by atoms with E-state index in [1.807, 2.05) is 11.0 Å². The molecule has 0 aromatic heterocycles. The van der Waals surface area contributed by atoms with Crippen molar-refractivity contribution in [2.75, 3.05) is 19.8 Å². The maximum atomic E-state index is 13.1. The number of piperidine rings is 1. The number of aliphatic carboxylic acids is 1.